The van der Waals surface area contributed by atoms with E-state index in [1.165, 1.54) is 6.08 Å². The first kappa shape index (κ1) is 9.19. The van der Waals surface area contributed by atoms with Crippen molar-refractivity contribution in [1.29, 1.82) is 5.26 Å². The van der Waals surface area contributed by atoms with Gasteiger partial charge in [-0.1, -0.05) is 12.7 Å². The van der Waals surface area contributed by atoms with Crippen LogP contribution in [0.1, 0.15) is 25.7 Å². The van der Waals surface area contributed by atoms with E-state index in [4.69, 9.17) is 16.9 Å². The summed E-state index contributed by atoms with van der Waals surface area (Å²) in [6.45, 7) is 5.05. The Hall–Kier alpha value is -0.810. The van der Waals surface area contributed by atoms with E-state index in [2.05, 4.69) is 0 Å². The molecule has 0 spiro atoms. The van der Waals surface area contributed by atoms with E-state index in [-0.39, 0.29) is 0 Å². The van der Waals surface area contributed by atoms with Crippen molar-refractivity contribution in [3.63, 3.8) is 0 Å². The highest BCUT2D eigenvalue weighted by Crippen LogP contribution is 2.02. The highest BCUT2D eigenvalue weighted by atomic mass is 16.3. The smallest absolute Gasteiger partial charge is 0.0723 e. The molecule has 55 valence electrons. The number of hydrogen-bond acceptors (Lipinski definition) is 2. The number of hydrogen-bond donors (Lipinski definition) is 1. The van der Waals surface area contributed by atoms with Gasteiger partial charge in [-0.2, -0.15) is 5.26 Å². The molecule has 0 fully saturated rings. The first-order valence-corrected chi connectivity index (χ1v) is 3.41. The quantitative estimate of drug-likeness (QED) is 0.584. The minimum absolute atomic E-state index is 0.501. The van der Waals surface area contributed by atoms with Crippen LogP contribution in [0.5, 0.6) is 0 Å². The molecule has 0 aromatic rings. The maximum Gasteiger partial charge on any atom is 0.0723 e. The SMILES string of the molecule is [CH]=CC(O)CCCCC#N. The fraction of sp³-hybridized carbons (Fsp3) is 0.625. The third-order valence-corrected chi connectivity index (χ3v) is 1.26. The second-order valence-electron chi connectivity index (χ2n) is 2.16. The summed E-state index contributed by atoms with van der Waals surface area (Å²) in [5, 5.41) is 17.0. The molecule has 1 atom stereocenters. The highest BCUT2D eigenvalue weighted by Gasteiger charge is 1.95. The second-order valence-corrected chi connectivity index (χ2v) is 2.16. The van der Waals surface area contributed by atoms with Crippen molar-refractivity contribution in [1.82, 2.24) is 0 Å². The van der Waals surface area contributed by atoms with Crippen LogP contribution >= 0.6 is 0 Å². The first-order valence-electron chi connectivity index (χ1n) is 3.41. The van der Waals surface area contributed by atoms with E-state index in [1.54, 1.807) is 0 Å². The Balaban J connectivity index is 3.05. The van der Waals surface area contributed by atoms with Gasteiger partial charge in [-0.15, -0.1) is 0 Å². The van der Waals surface area contributed by atoms with Crippen molar-refractivity contribution >= 4 is 0 Å². The van der Waals surface area contributed by atoms with E-state index in [1.807, 2.05) is 6.07 Å². The summed E-state index contributed by atoms with van der Waals surface area (Å²) in [5.41, 5.74) is 0. The summed E-state index contributed by atoms with van der Waals surface area (Å²) >= 11 is 0. The Morgan fingerprint density at radius 1 is 1.60 bits per heavy atom. The molecule has 0 amide bonds. The summed E-state index contributed by atoms with van der Waals surface area (Å²) in [6, 6.07) is 2.04. The van der Waals surface area contributed by atoms with Crippen LogP contribution in [-0.4, -0.2) is 11.2 Å². The minimum atomic E-state index is -0.501. The summed E-state index contributed by atoms with van der Waals surface area (Å²) in [4.78, 5) is 0. The molecular weight excluding hydrogens is 126 g/mol. The van der Waals surface area contributed by atoms with Crippen LogP contribution in [0.4, 0.5) is 0 Å². The Kier molecular flexibility index (Phi) is 5.80. The number of nitrogens with zero attached hydrogens (tertiary/aromatic N) is 1. The predicted molar refractivity (Wildman–Crippen MR) is 39.0 cm³/mol. The lowest BCUT2D eigenvalue weighted by Crippen LogP contribution is -2.00. The maximum absolute atomic E-state index is 8.89. The Labute approximate surface area is 61.8 Å². The average Bonchev–Trinajstić information content (AvgIpc) is 1.98. The average molecular weight is 138 g/mol. The van der Waals surface area contributed by atoms with Gasteiger partial charge in [0.1, 0.15) is 0 Å². The van der Waals surface area contributed by atoms with Crippen molar-refractivity contribution in [2.45, 2.75) is 31.8 Å². The standard InChI is InChI=1S/C8H12NO/c1-2-8(10)6-4-3-5-7-9/h1-2,8,10H,3-6H2. The van der Waals surface area contributed by atoms with Gasteiger partial charge in [0.05, 0.1) is 12.2 Å². The maximum atomic E-state index is 8.89. The summed E-state index contributed by atoms with van der Waals surface area (Å²) < 4.78 is 0. The molecule has 0 aromatic carbocycles. The molecule has 0 aliphatic rings. The van der Waals surface area contributed by atoms with Crippen LogP contribution in [0, 0.1) is 17.9 Å². The van der Waals surface area contributed by atoms with Gasteiger partial charge < -0.3 is 5.11 Å². The van der Waals surface area contributed by atoms with Gasteiger partial charge in [0.15, 0.2) is 0 Å². The van der Waals surface area contributed by atoms with Gasteiger partial charge in [0.2, 0.25) is 0 Å². The Morgan fingerprint density at radius 2 is 2.30 bits per heavy atom. The van der Waals surface area contributed by atoms with E-state index in [0.29, 0.717) is 12.8 Å². The monoisotopic (exact) mass is 138 g/mol. The zero-order chi connectivity index (χ0) is 7.82. The molecule has 1 radical (unpaired) electrons. The van der Waals surface area contributed by atoms with Crippen LogP contribution in [0.3, 0.4) is 0 Å². The summed E-state index contributed by atoms with van der Waals surface area (Å²) in [7, 11) is 0. The molecule has 1 unspecified atom stereocenters. The number of rotatable bonds is 5. The zero-order valence-corrected chi connectivity index (χ0v) is 5.95. The lowest BCUT2D eigenvalue weighted by molar-refractivity contribution is 0.208. The van der Waals surface area contributed by atoms with Gasteiger partial charge in [0.25, 0.3) is 0 Å². The van der Waals surface area contributed by atoms with Gasteiger partial charge >= 0.3 is 0 Å². The summed E-state index contributed by atoms with van der Waals surface area (Å²) in [5.74, 6) is 0. The molecule has 0 aliphatic heterocycles. The number of aliphatic hydroxyl groups excluding tert-OH is 1. The molecule has 0 saturated carbocycles. The van der Waals surface area contributed by atoms with Crippen LogP contribution in [0.15, 0.2) is 6.08 Å². The Morgan fingerprint density at radius 3 is 2.80 bits per heavy atom. The first-order chi connectivity index (χ1) is 4.81. The van der Waals surface area contributed by atoms with Crippen molar-refractivity contribution in [3.05, 3.63) is 12.7 Å². The molecule has 0 rings (SSSR count). The number of aliphatic hydroxyl groups is 1. The molecule has 1 N–H and O–H groups in total. The van der Waals surface area contributed by atoms with Gasteiger partial charge in [-0.3, -0.25) is 0 Å². The number of unbranched alkanes of at least 4 members (excludes halogenated alkanes) is 2. The fourth-order valence-electron chi connectivity index (χ4n) is 0.654. The molecule has 2 heteroatoms. The van der Waals surface area contributed by atoms with Gasteiger partial charge in [-0.05, 0) is 19.3 Å². The molecular formula is C8H12NO. The lowest BCUT2D eigenvalue weighted by atomic mass is 10.1. The van der Waals surface area contributed by atoms with Crippen LogP contribution < -0.4 is 0 Å². The van der Waals surface area contributed by atoms with Gasteiger partial charge in [-0.25, -0.2) is 0 Å². The molecule has 0 heterocycles. The van der Waals surface area contributed by atoms with E-state index >= 15 is 0 Å². The van der Waals surface area contributed by atoms with E-state index < -0.39 is 6.10 Å². The Bertz CT molecular complexity index is 126. The van der Waals surface area contributed by atoms with Crippen molar-refractivity contribution in [3.8, 4) is 6.07 Å². The number of nitriles is 1. The van der Waals surface area contributed by atoms with Crippen LogP contribution in [0.25, 0.3) is 0 Å². The minimum Gasteiger partial charge on any atom is -0.389 e. The highest BCUT2D eigenvalue weighted by molar-refractivity contribution is 4.75. The van der Waals surface area contributed by atoms with Crippen LogP contribution in [-0.2, 0) is 0 Å². The van der Waals surface area contributed by atoms with Gasteiger partial charge in [0, 0.05) is 6.42 Å². The van der Waals surface area contributed by atoms with Crippen molar-refractivity contribution in [2.75, 3.05) is 0 Å². The van der Waals surface area contributed by atoms with Crippen molar-refractivity contribution < 1.29 is 5.11 Å². The zero-order valence-electron chi connectivity index (χ0n) is 5.95. The normalized spacial score (nSPS) is 12.0. The largest absolute Gasteiger partial charge is 0.389 e. The molecule has 0 aliphatic carbocycles. The van der Waals surface area contributed by atoms with E-state index in [9.17, 15) is 0 Å². The third-order valence-electron chi connectivity index (χ3n) is 1.26. The van der Waals surface area contributed by atoms with Crippen LogP contribution in [0.2, 0.25) is 0 Å². The second kappa shape index (κ2) is 6.31. The predicted octanol–water partition coefficient (Wildman–Crippen LogP) is 1.42. The molecule has 0 aromatic heterocycles. The fourth-order valence-corrected chi connectivity index (χ4v) is 0.654. The lowest BCUT2D eigenvalue weighted by Gasteiger charge is -2.01. The summed E-state index contributed by atoms with van der Waals surface area (Å²) in [6.07, 6.45) is 3.71. The molecule has 2 nitrogen and oxygen atoms in total. The van der Waals surface area contributed by atoms with E-state index in [0.717, 1.165) is 12.8 Å². The molecule has 0 saturated heterocycles. The molecule has 10 heavy (non-hydrogen) atoms. The third kappa shape index (κ3) is 5.33. The molecule has 0 bridgehead atoms. The topological polar surface area (TPSA) is 44.0 Å². The van der Waals surface area contributed by atoms with Crippen molar-refractivity contribution in [2.24, 2.45) is 0 Å².